The quantitative estimate of drug-likeness (QED) is 0.248. The number of ketones is 1. The fraction of sp³-hybridized carbons (Fsp3) is 0.0714. The van der Waals surface area contributed by atoms with Crippen molar-refractivity contribution in [3.8, 4) is 11.5 Å². The van der Waals surface area contributed by atoms with Gasteiger partial charge < -0.3 is 9.84 Å². The number of Topliss-reactive ketones (excluding diaryl/α,β-unsaturated/α-hetero) is 1. The number of anilines is 1. The van der Waals surface area contributed by atoms with Gasteiger partial charge in [-0.15, -0.1) is 0 Å². The molecular formula is C28H21N3O4. The van der Waals surface area contributed by atoms with Crippen LogP contribution in [0, 0.1) is 6.92 Å². The normalized spacial score (nSPS) is 16.9. The number of pyridine rings is 2. The third kappa shape index (κ3) is 4.27. The van der Waals surface area contributed by atoms with Gasteiger partial charge in [-0.25, -0.2) is 0 Å². The number of aliphatic hydroxyl groups excluding tert-OH is 1. The predicted molar refractivity (Wildman–Crippen MR) is 131 cm³/mol. The summed E-state index contributed by atoms with van der Waals surface area (Å²) in [4.78, 5) is 35.9. The van der Waals surface area contributed by atoms with E-state index in [9.17, 15) is 14.7 Å². The standard InChI is InChI=1S/C28H21N3O4/c1-18-4-2-6-23(16-18)35-22-9-7-21(8-10-22)31-25(20-5-3-13-30-17-20)24(27(33)28(31)34)26(32)19-11-14-29-15-12-19/h2-17,25,32H,1H3/b26-24-. The molecule has 3 heterocycles. The molecule has 0 bridgehead atoms. The van der Waals surface area contributed by atoms with E-state index in [-0.39, 0.29) is 11.3 Å². The first kappa shape index (κ1) is 22.0. The van der Waals surface area contributed by atoms with Gasteiger partial charge in [-0.05, 0) is 72.6 Å². The maximum atomic E-state index is 13.2. The number of hydrogen-bond donors (Lipinski definition) is 1. The second kappa shape index (κ2) is 9.23. The van der Waals surface area contributed by atoms with Gasteiger partial charge in [-0.1, -0.05) is 18.2 Å². The Kier molecular flexibility index (Phi) is 5.81. The lowest BCUT2D eigenvalue weighted by Crippen LogP contribution is -2.29. The van der Waals surface area contributed by atoms with Gasteiger partial charge in [0.25, 0.3) is 11.7 Å². The number of hydrogen-bond acceptors (Lipinski definition) is 6. The lowest BCUT2D eigenvalue weighted by molar-refractivity contribution is -0.132. The van der Waals surface area contributed by atoms with Gasteiger partial charge in [0.2, 0.25) is 0 Å². The molecule has 5 rings (SSSR count). The molecule has 1 amide bonds. The highest BCUT2D eigenvalue weighted by atomic mass is 16.5. The van der Waals surface area contributed by atoms with Crippen LogP contribution in [0.1, 0.15) is 22.7 Å². The summed E-state index contributed by atoms with van der Waals surface area (Å²) in [6.45, 7) is 1.98. The van der Waals surface area contributed by atoms with Crippen molar-refractivity contribution < 1.29 is 19.4 Å². The molecule has 0 radical (unpaired) electrons. The summed E-state index contributed by atoms with van der Waals surface area (Å²) in [5, 5.41) is 11.0. The zero-order valence-corrected chi connectivity index (χ0v) is 18.8. The van der Waals surface area contributed by atoms with Crippen molar-refractivity contribution in [1.82, 2.24) is 9.97 Å². The molecule has 1 saturated heterocycles. The number of carbonyl (C=O) groups excluding carboxylic acids is 2. The number of nitrogens with zero attached hydrogens (tertiary/aromatic N) is 3. The number of amides is 1. The second-order valence-electron chi connectivity index (χ2n) is 8.10. The Morgan fingerprint density at radius 1 is 0.886 bits per heavy atom. The van der Waals surface area contributed by atoms with Crippen molar-refractivity contribution >= 4 is 23.1 Å². The van der Waals surface area contributed by atoms with Crippen molar-refractivity contribution in [3.05, 3.63) is 120 Å². The van der Waals surface area contributed by atoms with Gasteiger partial charge >= 0.3 is 0 Å². The number of aliphatic hydroxyl groups is 1. The minimum absolute atomic E-state index is 0.00529. The summed E-state index contributed by atoms with van der Waals surface area (Å²) in [6, 6.07) is 20.4. The zero-order chi connectivity index (χ0) is 24.4. The molecule has 7 nitrogen and oxygen atoms in total. The Balaban J connectivity index is 1.56. The summed E-state index contributed by atoms with van der Waals surface area (Å²) in [5.41, 5.74) is 2.56. The second-order valence-corrected chi connectivity index (χ2v) is 8.10. The Morgan fingerprint density at radius 3 is 2.34 bits per heavy atom. The smallest absolute Gasteiger partial charge is 0.300 e. The lowest BCUT2D eigenvalue weighted by Gasteiger charge is -2.25. The first-order valence-corrected chi connectivity index (χ1v) is 11.0. The van der Waals surface area contributed by atoms with E-state index in [1.54, 1.807) is 60.9 Å². The van der Waals surface area contributed by atoms with Crippen LogP contribution in [0.25, 0.3) is 5.76 Å². The third-order valence-corrected chi connectivity index (χ3v) is 5.74. The molecule has 1 N–H and O–H groups in total. The number of rotatable bonds is 5. The summed E-state index contributed by atoms with van der Waals surface area (Å²) in [5.74, 6) is -0.479. The van der Waals surface area contributed by atoms with E-state index in [4.69, 9.17) is 4.74 Å². The third-order valence-electron chi connectivity index (χ3n) is 5.74. The molecule has 172 valence electrons. The molecule has 2 aromatic heterocycles. The van der Waals surface area contributed by atoms with Crippen LogP contribution < -0.4 is 9.64 Å². The van der Waals surface area contributed by atoms with Crippen LogP contribution in [-0.2, 0) is 9.59 Å². The molecule has 0 spiro atoms. The molecule has 2 aromatic carbocycles. The first-order valence-electron chi connectivity index (χ1n) is 11.0. The average Bonchev–Trinajstić information content (AvgIpc) is 3.15. The van der Waals surface area contributed by atoms with Gasteiger partial charge in [-0.2, -0.15) is 0 Å². The molecule has 4 aromatic rings. The van der Waals surface area contributed by atoms with E-state index < -0.39 is 17.7 Å². The molecule has 7 heteroatoms. The number of benzene rings is 2. The Labute approximate surface area is 202 Å². The van der Waals surface area contributed by atoms with Gasteiger partial charge in [0.1, 0.15) is 17.3 Å². The fourth-order valence-corrected chi connectivity index (χ4v) is 4.11. The van der Waals surface area contributed by atoms with Crippen LogP contribution >= 0.6 is 0 Å². The van der Waals surface area contributed by atoms with Crippen molar-refractivity contribution in [2.75, 3.05) is 4.90 Å². The van der Waals surface area contributed by atoms with Crippen molar-refractivity contribution in [1.29, 1.82) is 0 Å². The van der Waals surface area contributed by atoms with E-state index in [2.05, 4.69) is 9.97 Å². The van der Waals surface area contributed by atoms with Crippen LogP contribution in [0.3, 0.4) is 0 Å². The molecule has 1 fully saturated rings. The number of ether oxygens (including phenoxy) is 1. The Hall–Kier alpha value is -4.78. The monoisotopic (exact) mass is 463 g/mol. The molecule has 1 aliphatic rings. The SMILES string of the molecule is Cc1cccc(Oc2ccc(N3C(=O)C(=O)/C(=C(\O)c4ccncc4)C3c3cccnc3)cc2)c1. The maximum absolute atomic E-state index is 13.2. The largest absolute Gasteiger partial charge is 0.507 e. The van der Waals surface area contributed by atoms with Gasteiger partial charge in [-0.3, -0.25) is 24.5 Å². The highest BCUT2D eigenvalue weighted by molar-refractivity contribution is 6.51. The summed E-state index contributed by atoms with van der Waals surface area (Å²) < 4.78 is 5.92. The first-order chi connectivity index (χ1) is 17.0. The molecule has 0 saturated carbocycles. The minimum atomic E-state index is -0.847. The average molecular weight is 463 g/mol. The summed E-state index contributed by atoms with van der Waals surface area (Å²) in [7, 11) is 0. The van der Waals surface area contributed by atoms with E-state index >= 15 is 0 Å². The molecule has 1 aliphatic heterocycles. The lowest BCUT2D eigenvalue weighted by atomic mass is 9.96. The highest BCUT2D eigenvalue weighted by Crippen LogP contribution is 2.42. The van der Waals surface area contributed by atoms with E-state index in [0.717, 1.165) is 5.56 Å². The molecule has 0 aliphatic carbocycles. The van der Waals surface area contributed by atoms with Crippen LogP contribution in [0.15, 0.2) is 103 Å². The van der Waals surface area contributed by atoms with Crippen molar-refractivity contribution in [2.45, 2.75) is 13.0 Å². The van der Waals surface area contributed by atoms with Gasteiger partial charge in [0, 0.05) is 36.0 Å². The molecular weight excluding hydrogens is 442 g/mol. The minimum Gasteiger partial charge on any atom is -0.507 e. The Morgan fingerprint density at radius 2 is 1.66 bits per heavy atom. The van der Waals surface area contributed by atoms with E-state index in [1.165, 1.54) is 17.3 Å². The molecule has 35 heavy (non-hydrogen) atoms. The van der Waals surface area contributed by atoms with Crippen molar-refractivity contribution in [3.63, 3.8) is 0 Å². The number of aryl methyl sites for hydroxylation is 1. The predicted octanol–water partition coefficient (Wildman–Crippen LogP) is 5.20. The topological polar surface area (TPSA) is 92.6 Å². The highest BCUT2D eigenvalue weighted by Gasteiger charge is 2.47. The molecule has 1 atom stereocenters. The summed E-state index contributed by atoms with van der Waals surface area (Å²) in [6.07, 6.45) is 6.21. The van der Waals surface area contributed by atoms with Crippen LogP contribution in [0.4, 0.5) is 5.69 Å². The Bertz CT molecular complexity index is 1420. The summed E-state index contributed by atoms with van der Waals surface area (Å²) >= 11 is 0. The van der Waals surface area contributed by atoms with Gasteiger partial charge in [0.15, 0.2) is 0 Å². The van der Waals surface area contributed by atoms with Crippen LogP contribution in [-0.4, -0.2) is 26.8 Å². The maximum Gasteiger partial charge on any atom is 0.300 e. The van der Waals surface area contributed by atoms with Crippen LogP contribution in [0.2, 0.25) is 0 Å². The van der Waals surface area contributed by atoms with E-state index in [0.29, 0.717) is 28.3 Å². The van der Waals surface area contributed by atoms with Crippen LogP contribution in [0.5, 0.6) is 11.5 Å². The zero-order valence-electron chi connectivity index (χ0n) is 18.8. The number of carbonyl (C=O) groups is 2. The number of aromatic nitrogens is 2. The molecule has 1 unspecified atom stereocenters. The fourth-order valence-electron chi connectivity index (χ4n) is 4.11. The van der Waals surface area contributed by atoms with Gasteiger partial charge in [0.05, 0.1) is 11.6 Å². The van der Waals surface area contributed by atoms with E-state index in [1.807, 2.05) is 31.2 Å². The van der Waals surface area contributed by atoms with Crippen molar-refractivity contribution in [2.24, 2.45) is 0 Å².